The number of fused-ring (bicyclic) bond motifs is 1. The molecule has 0 unspecified atom stereocenters. The number of nitrogens with zero attached hydrogens (tertiary/aromatic N) is 1. The molecule has 1 atom stereocenters. The van der Waals surface area contributed by atoms with E-state index in [-0.39, 0.29) is 23.7 Å². The van der Waals surface area contributed by atoms with Gasteiger partial charge in [0, 0.05) is 48.1 Å². The van der Waals surface area contributed by atoms with Crippen LogP contribution in [0.3, 0.4) is 0 Å². The van der Waals surface area contributed by atoms with Gasteiger partial charge in [0.15, 0.2) is 0 Å². The second-order valence-corrected chi connectivity index (χ2v) is 8.58. The van der Waals surface area contributed by atoms with Crippen LogP contribution in [0.4, 0.5) is 0 Å². The first-order valence-corrected chi connectivity index (χ1v) is 11.4. The fraction of sp³-hybridized carbons (Fsp3) is 0.385. The fourth-order valence-corrected chi connectivity index (χ4v) is 4.53. The number of amides is 2. The van der Waals surface area contributed by atoms with Crippen molar-refractivity contribution in [1.82, 2.24) is 15.2 Å². The largest absolute Gasteiger partial charge is 0.497 e. The summed E-state index contributed by atoms with van der Waals surface area (Å²) in [6, 6.07) is 15.3. The summed E-state index contributed by atoms with van der Waals surface area (Å²) in [6.45, 7) is 3.71. The van der Waals surface area contributed by atoms with Crippen molar-refractivity contribution in [3.05, 3.63) is 59.8 Å². The lowest BCUT2D eigenvalue weighted by atomic mass is 9.84. The molecule has 2 amide bonds. The standard InChI is InChI=1S/C26H31N3O4/c1-17(25(30)27-16-20-6-4-5-7-24(20)33-3)18-10-12-29(13-11-18)26(31)23-14-19-8-9-21(32-2)15-22(19)28-23/h4-9,14-15,17-18,28H,10-13,16H2,1-3H3,(H,27,30)/t17-/m0/s1. The Balaban J connectivity index is 1.31. The Morgan fingerprint density at radius 3 is 2.58 bits per heavy atom. The Morgan fingerprint density at radius 2 is 1.85 bits per heavy atom. The van der Waals surface area contributed by atoms with Gasteiger partial charge in [-0.1, -0.05) is 25.1 Å². The topological polar surface area (TPSA) is 83.7 Å². The summed E-state index contributed by atoms with van der Waals surface area (Å²) in [5, 5.41) is 4.02. The molecule has 1 saturated heterocycles. The van der Waals surface area contributed by atoms with Crippen molar-refractivity contribution in [3.8, 4) is 11.5 Å². The van der Waals surface area contributed by atoms with Gasteiger partial charge in [0.1, 0.15) is 17.2 Å². The van der Waals surface area contributed by atoms with Gasteiger partial charge in [-0.25, -0.2) is 0 Å². The second-order valence-electron chi connectivity index (χ2n) is 8.58. The highest BCUT2D eigenvalue weighted by Gasteiger charge is 2.30. The van der Waals surface area contributed by atoms with Gasteiger partial charge >= 0.3 is 0 Å². The molecule has 7 nitrogen and oxygen atoms in total. The molecule has 0 saturated carbocycles. The van der Waals surface area contributed by atoms with Crippen LogP contribution in [0.2, 0.25) is 0 Å². The van der Waals surface area contributed by atoms with E-state index in [1.54, 1.807) is 14.2 Å². The van der Waals surface area contributed by atoms with Crippen molar-refractivity contribution in [1.29, 1.82) is 0 Å². The molecule has 1 aromatic heterocycles. The van der Waals surface area contributed by atoms with E-state index >= 15 is 0 Å². The van der Waals surface area contributed by atoms with E-state index in [1.165, 1.54) is 0 Å². The molecule has 3 aromatic rings. The number of aromatic nitrogens is 1. The van der Waals surface area contributed by atoms with Crippen molar-refractivity contribution in [2.45, 2.75) is 26.3 Å². The zero-order valence-electron chi connectivity index (χ0n) is 19.4. The van der Waals surface area contributed by atoms with Crippen molar-refractivity contribution in [2.24, 2.45) is 11.8 Å². The van der Waals surface area contributed by atoms with Crippen LogP contribution >= 0.6 is 0 Å². The lowest BCUT2D eigenvalue weighted by Crippen LogP contribution is -2.42. The molecule has 0 spiro atoms. The minimum absolute atomic E-state index is 0.00288. The van der Waals surface area contributed by atoms with Crippen LogP contribution < -0.4 is 14.8 Å². The predicted molar refractivity (Wildman–Crippen MR) is 127 cm³/mol. The monoisotopic (exact) mass is 449 g/mol. The summed E-state index contributed by atoms with van der Waals surface area (Å²) in [7, 11) is 3.26. The Morgan fingerprint density at radius 1 is 1.09 bits per heavy atom. The minimum Gasteiger partial charge on any atom is -0.497 e. The van der Waals surface area contributed by atoms with Crippen molar-refractivity contribution < 1.29 is 19.1 Å². The van der Waals surface area contributed by atoms with Gasteiger partial charge < -0.3 is 24.7 Å². The molecule has 7 heteroatoms. The number of methoxy groups -OCH3 is 2. The number of hydrogen-bond donors (Lipinski definition) is 2. The molecule has 1 aliphatic rings. The van der Waals surface area contributed by atoms with E-state index in [9.17, 15) is 9.59 Å². The average molecular weight is 450 g/mol. The number of hydrogen-bond acceptors (Lipinski definition) is 4. The second kappa shape index (κ2) is 9.98. The Hall–Kier alpha value is -3.48. The SMILES string of the molecule is COc1ccc2cc(C(=O)N3CCC([C@H](C)C(=O)NCc4ccccc4OC)CC3)[nH]c2c1. The van der Waals surface area contributed by atoms with Gasteiger partial charge in [-0.05, 0) is 43.0 Å². The van der Waals surface area contributed by atoms with Crippen molar-refractivity contribution >= 4 is 22.7 Å². The highest BCUT2D eigenvalue weighted by Crippen LogP contribution is 2.27. The molecule has 1 aliphatic heterocycles. The molecule has 2 heterocycles. The van der Waals surface area contributed by atoms with Gasteiger partial charge in [0.2, 0.25) is 5.91 Å². The minimum atomic E-state index is -0.113. The number of ether oxygens (including phenoxy) is 2. The first-order chi connectivity index (χ1) is 16.0. The summed E-state index contributed by atoms with van der Waals surface area (Å²) in [4.78, 5) is 30.9. The molecule has 0 bridgehead atoms. The zero-order valence-corrected chi connectivity index (χ0v) is 19.4. The number of piperidine rings is 1. The molecule has 4 rings (SSSR count). The number of nitrogens with one attached hydrogen (secondary N) is 2. The molecule has 174 valence electrons. The van der Waals surface area contributed by atoms with E-state index in [0.717, 1.165) is 40.8 Å². The van der Waals surface area contributed by atoms with E-state index in [0.29, 0.717) is 25.3 Å². The molecule has 2 aromatic carbocycles. The number of likely N-dealkylation sites (tertiary alicyclic amines) is 1. The van der Waals surface area contributed by atoms with Gasteiger partial charge in [-0.15, -0.1) is 0 Å². The van der Waals surface area contributed by atoms with Gasteiger partial charge in [-0.3, -0.25) is 9.59 Å². The maximum Gasteiger partial charge on any atom is 0.270 e. The summed E-state index contributed by atoms with van der Waals surface area (Å²) in [5.74, 6) is 1.69. The first-order valence-electron chi connectivity index (χ1n) is 11.4. The molecular formula is C26H31N3O4. The van der Waals surface area contributed by atoms with Crippen LogP contribution in [-0.2, 0) is 11.3 Å². The molecule has 0 radical (unpaired) electrons. The Kier molecular flexibility index (Phi) is 6.87. The van der Waals surface area contributed by atoms with Crippen LogP contribution in [0.25, 0.3) is 10.9 Å². The maximum absolute atomic E-state index is 13.0. The van der Waals surface area contributed by atoms with E-state index < -0.39 is 0 Å². The summed E-state index contributed by atoms with van der Waals surface area (Å²) in [5.41, 5.74) is 2.42. The molecule has 1 fully saturated rings. The third-order valence-corrected chi connectivity index (χ3v) is 6.65. The Bertz CT molecular complexity index is 1130. The number of para-hydroxylation sites is 1. The maximum atomic E-state index is 13.0. The molecule has 2 N–H and O–H groups in total. The number of aromatic amines is 1. The summed E-state index contributed by atoms with van der Waals surface area (Å²) in [6.07, 6.45) is 1.62. The van der Waals surface area contributed by atoms with Crippen LogP contribution in [0.1, 0.15) is 35.8 Å². The highest BCUT2D eigenvalue weighted by molar-refractivity contribution is 5.98. The van der Waals surface area contributed by atoms with Crippen molar-refractivity contribution in [2.75, 3.05) is 27.3 Å². The Labute approximate surface area is 194 Å². The van der Waals surface area contributed by atoms with E-state index in [2.05, 4.69) is 10.3 Å². The van der Waals surface area contributed by atoms with E-state index in [4.69, 9.17) is 9.47 Å². The van der Waals surface area contributed by atoms with Crippen LogP contribution in [0.15, 0.2) is 48.5 Å². The lowest BCUT2D eigenvalue weighted by molar-refractivity contribution is -0.126. The lowest BCUT2D eigenvalue weighted by Gasteiger charge is -2.34. The average Bonchev–Trinajstić information content (AvgIpc) is 3.30. The fourth-order valence-electron chi connectivity index (χ4n) is 4.53. The quantitative estimate of drug-likeness (QED) is 0.571. The molecular weight excluding hydrogens is 418 g/mol. The van der Waals surface area contributed by atoms with Gasteiger partial charge in [-0.2, -0.15) is 0 Å². The number of rotatable bonds is 7. The normalized spacial score (nSPS) is 15.3. The predicted octanol–water partition coefficient (Wildman–Crippen LogP) is 3.99. The van der Waals surface area contributed by atoms with Crippen molar-refractivity contribution in [3.63, 3.8) is 0 Å². The number of benzene rings is 2. The number of carbonyl (C=O) groups excluding carboxylic acids is 2. The van der Waals surface area contributed by atoms with Crippen LogP contribution in [0.5, 0.6) is 11.5 Å². The number of H-pyrrole nitrogens is 1. The third-order valence-electron chi connectivity index (χ3n) is 6.65. The summed E-state index contributed by atoms with van der Waals surface area (Å²) >= 11 is 0. The highest BCUT2D eigenvalue weighted by atomic mass is 16.5. The number of carbonyl (C=O) groups is 2. The van der Waals surface area contributed by atoms with Gasteiger partial charge in [0.25, 0.3) is 5.91 Å². The molecule has 33 heavy (non-hydrogen) atoms. The molecule has 0 aliphatic carbocycles. The van der Waals surface area contributed by atoms with E-state index in [1.807, 2.05) is 60.4 Å². The zero-order chi connectivity index (χ0) is 23.4. The van der Waals surface area contributed by atoms with Crippen LogP contribution in [-0.4, -0.2) is 49.0 Å². The van der Waals surface area contributed by atoms with Gasteiger partial charge in [0.05, 0.1) is 14.2 Å². The van der Waals surface area contributed by atoms with Crippen LogP contribution in [0, 0.1) is 11.8 Å². The third kappa shape index (κ3) is 4.97. The summed E-state index contributed by atoms with van der Waals surface area (Å²) < 4.78 is 10.6. The smallest absolute Gasteiger partial charge is 0.270 e. The first kappa shape index (κ1) is 22.7.